The molecule has 0 spiro atoms. The third-order valence-corrected chi connectivity index (χ3v) is 3.92. The van der Waals surface area contributed by atoms with Crippen LogP contribution in [0.1, 0.15) is 12.0 Å². The summed E-state index contributed by atoms with van der Waals surface area (Å²) < 4.78 is 20.0. The predicted octanol–water partition coefficient (Wildman–Crippen LogP) is 2.56. The molecule has 0 bridgehead atoms. The number of hydrogen-bond donors (Lipinski definition) is 1. The molecular formula is C17H19ClFN3O2. The summed E-state index contributed by atoms with van der Waals surface area (Å²) in [5.41, 5.74) is 8.09. The Labute approximate surface area is 146 Å². The molecule has 2 heterocycles. The molecule has 1 aliphatic heterocycles. The largest absolute Gasteiger partial charge is 0.491 e. The van der Waals surface area contributed by atoms with Gasteiger partial charge in [-0.1, -0.05) is 0 Å². The lowest BCUT2D eigenvalue weighted by Gasteiger charge is -2.26. The Bertz CT molecular complexity index is 755. The van der Waals surface area contributed by atoms with Crippen LogP contribution in [0.15, 0.2) is 30.6 Å². The average Bonchev–Trinajstić information content (AvgIpc) is 2.57. The van der Waals surface area contributed by atoms with Crippen molar-refractivity contribution in [3.63, 3.8) is 0 Å². The molecule has 2 N–H and O–H groups in total. The monoisotopic (exact) mass is 351 g/mol. The van der Waals surface area contributed by atoms with Crippen molar-refractivity contribution in [2.24, 2.45) is 5.73 Å². The normalized spacial score (nSPS) is 13.3. The van der Waals surface area contributed by atoms with Crippen LogP contribution in [0.5, 0.6) is 5.75 Å². The van der Waals surface area contributed by atoms with Crippen molar-refractivity contribution in [1.82, 2.24) is 4.98 Å². The smallest absolute Gasteiger partial charge is 0.227 e. The lowest BCUT2D eigenvalue weighted by molar-refractivity contribution is -0.118. The first-order valence-corrected chi connectivity index (χ1v) is 7.47. The summed E-state index contributed by atoms with van der Waals surface area (Å²) >= 11 is 0. The number of amides is 1. The van der Waals surface area contributed by atoms with Gasteiger partial charge in [-0.05, 0) is 30.2 Å². The number of carbonyl (C=O) groups excluding carboxylic acids is 1. The lowest BCUT2D eigenvalue weighted by atomic mass is 9.96. The highest BCUT2D eigenvalue weighted by molar-refractivity contribution is 5.96. The van der Waals surface area contributed by atoms with E-state index < -0.39 is 0 Å². The SMILES string of the molecule is CN1C(=O)CCc2cc(-c3cncc(OCCN)c3)c(F)cc21.Cl. The van der Waals surface area contributed by atoms with E-state index in [0.717, 1.165) is 5.56 Å². The van der Waals surface area contributed by atoms with Gasteiger partial charge in [0.25, 0.3) is 0 Å². The molecule has 5 nitrogen and oxygen atoms in total. The summed E-state index contributed by atoms with van der Waals surface area (Å²) in [5.74, 6) is 0.170. The molecule has 7 heteroatoms. The second kappa shape index (κ2) is 7.59. The first-order chi connectivity index (χ1) is 11.1. The van der Waals surface area contributed by atoms with Crippen molar-refractivity contribution >= 4 is 24.0 Å². The number of halogens is 2. The molecule has 0 atom stereocenters. The second-order valence-electron chi connectivity index (χ2n) is 5.46. The zero-order valence-corrected chi connectivity index (χ0v) is 14.1. The fourth-order valence-electron chi connectivity index (χ4n) is 2.71. The zero-order chi connectivity index (χ0) is 16.4. The summed E-state index contributed by atoms with van der Waals surface area (Å²) in [6.07, 6.45) is 4.22. The summed E-state index contributed by atoms with van der Waals surface area (Å²) in [4.78, 5) is 17.3. The second-order valence-corrected chi connectivity index (χ2v) is 5.46. The average molecular weight is 352 g/mol. The Morgan fingerprint density at radius 1 is 1.29 bits per heavy atom. The zero-order valence-electron chi connectivity index (χ0n) is 13.3. The quantitative estimate of drug-likeness (QED) is 0.919. The Hall–Kier alpha value is -2.18. The fraction of sp³-hybridized carbons (Fsp3) is 0.294. The number of fused-ring (bicyclic) bond motifs is 1. The fourth-order valence-corrected chi connectivity index (χ4v) is 2.71. The molecule has 1 amide bonds. The van der Waals surface area contributed by atoms with E-state index >= 15 is 0 Å². The van der Waals surface area contributed by atoms with Gasteiger partial charge in [0.2, 0.25) is 5.91 Å². The van der Waals surface area contributed by atoms with Gasteiger partial charge in [-0.15, -0.1) is 12.4 Å². The van der Waals surface area contributed by atoms with Crippen LogP contribution in [0.2, 0.25) is 0 Å². The van der Waals surface area contributed by atoms with E-state index in [-0.39, 0.29) is 24.1 Å². The minimum atomic E-state index is -0.386. The van der Waals surface area contributed by atoms with E-state index in [1.807, 2.05) is 0 Å². The first-order valence-electron chi connectivity index (χ1n) is 7.47. The van der Waals surface area contributed by atoms with Gasteiger partial charge < -0.3 is 15.4 Å². The Balaban J connectivity index is 0.00000208. The van der Waals surface area contributed by atoms with Gasteiger partial charge in [-0.25, -0.2) is 4.39 Å². The summed E-state index contributed by atoms with van der Waals surface area (Å²) in [7, 11) is 1.67. The molecule has 2 aromatic rings. The standard InChI is InChI=1S/C17H18FN3O2.ClH/c1-21-16-8-15(18)14(7-11(16)2-3-17(21)22)12-6-13(10-20-9-12)23-5-4-19;/h6-10H,2-5,19H2,1H3;1H. The first kappa shape index (κ1) is 18.2. The number of anilines is 1. The van der Waals surface area contributed by atoms with Gasteiger partial charge in [-0.2, -0.15) is 0 Å². The Morgan fingerprint density at radius 2 is 2.08 bits per heavy atom. The van der Waals surface area contributed by atoms with E-state index in [9.17, 15) is 9.18 Å². The van der Waals surface area contributed by atoms with E-state index in [1.165, 1.54) is 11.0 Å². The molecule has 0 radical (unpaired) electrons. The summed E-state index contributed by atoms with van der Waals surface area (Å²) in [5, 5.41) is 0. The highest BCUT2D eigenvalue weighted by atomic mass is 35.5. The number of ether oxygens (including phenoxy) is 1. The van der Waals surface area contributed by atoms with Gasteiger partial charge in [0.15, 0.2) is 0 Å². The number of benzene rings is 1. The maximum Gasteiger partial charge on any atom is 0.227 e. The molecule has 3 rings (SSSR count). The number of hydrogen-bond acceptors (Lipinski definition) is 4. The van der Waals surface area contributed by atoms with Crippen LogP contribution in [0.4, 0.5) is 10.1 Å². The molecule has 0 fully saturated rings. The number of pyridine rings is 1. The van der Waals surface area contributed by atoms with Crippen LogP contribution in [-0.2, 0) is 11.2 Å². The molecule has 0 aliphatic carbocycles. The number of nitrogens with zero attached hydrogens (tertiary/aromatic N) is 2. The van der Waals surface area contributed by atoms with Crippen LogP contribution in [0.3, 0.4) is 0 Å². The number of aromatic nitrogens is 1. The van der Waals surface area contributed by atoms with Crippen LogP contribution in [-0.4, -0.2) is 31.1 Å². The molecule has 0 saturated heterocycles. The molecule has 0 saturated carbocycles. The van der Waals surface area contributed by atoms with Crippen molar-refractivity contribution in [3.8, 4) is 16.9 Å². The molecule has 24 heavy (non-hydrogen) atoms. The summed E-state index contributed by atoms with van der Waals surface area (Å²) in [6, 6.07) is 4.94. The Kier molecular flexibility index (Phi) is 5.75. The Morgan fingerprint density at radius 3 is 2.83 bits per heavy atom. The van der Waals surface area contributed by atoms with Crippen molar-refractivity contribution in [2.75, 3.05) is 25.1 Å². The molecular weight excluding hydrogens is 333 g/mol. The predicted molar refractivity (Wildman–Crippen MR) is 93.2 cm³/mol. The van der Waals surface area contributed by atoms with Crippen LogP contribution < -0.4 is 15.4 Å². The highest BCUT2D eigenvalue weighted by Crippen LogP contribution is 2.34. The minimum absolute atomic E-state index is 0. The van der Waals surface area contributed by atoms with Crippen molar-refractivity contribution in [1.29, 1.82) is 0 Å². The van der Waals surface area contributed by atoms with E-state index in [0.29, 0.717) is 48.6 Å². The van der Waals surface area contributed by atoms with E-state index in [4.69, 9.17) is 10.5 Å². The maximum absolute atomic E-state index is 14.5. The van der Waals surface area contributed by atoms with E-state index in [1.54, 1.807) is 31.6 Å². The lowest BCUT2D eigenvalue weighted by Crippen LogP contribution is -2.31. The number of carbonyl (C=O) groups is 1. The van der Waals surface area contributed by atoms with Crippen LogP contribution >= 0.6 is 12.4 Å². The number of aryl methyl sites for hydroxylation is 1. The van der Waals surface area contributed by atoms with Gasteiger partial charge in [0, 0.05) is 43.0 Å². The number of nitrogens with two attached hydrogens (primary N) is 1. The highest BCUT2D eigenvalue weighted by Gasteiger charge is 2.23. The van der Waals surface area contributed by atoms with Crippen molar-refractivity contribution < 1.29 is 13.9 Å². The van der Waals surface area contributed by atoms with Crippen LogP contribution in [0, 0.1) is 5.82 Å². The molecule has 1 aromatic carbocycles. The minimum Gasteiger partial charge on any atom is -0.491 e. The van der Waals surface area contributed by atoms with Crippen molar-refractivity contribution in [3.05, 3.63) is 42.0 Å². The molecule has 1 aromatic heterocycles. The van der Waals surface area contributed by atoms with E-state index in [2.05, 4.69) is 4.98 Å². The topological polar surface area (TPSA) is 68.5 Å². The van der Waals surface area contributed by atoms with Gasteiger partial charge in [0.05, 0.1) is 6.20 Å². The number of rotatable bonds is 4. The molecule has 0 unspecified atom stereocenters. The third-order valence-electron chi connectivity index (χ3n) is 3.92. The van der Waals surface area contributed by atoms with Crippen LogP contribution in [0.25, 0.3) is 11.1 Å². The van der Waals surface area contributed by atoms with Gasteiger partial charge in [0.1, 0.15) is 18.2 Å². The van der Waals surface area contributed by atoms with Crippen molar-refractivity contribution in [2.45, 2.75) is 12.8 Å². The third kappa shape index (κ3) is 3.49. The maximum atomic E-state index is 14.5. The van der Waals surface area contributed by atoms with Gasteiger partial charge >= 0.3 is 0 Å². The summed E-state index contributed by atoms with van der Waals surface area (Å²) in [6.45, 7) is 0.780. The molecule has 128 valence electrons. The molecule has 1 aliphatic rings. The van der Waals surface area contributed by atoms with Gasteiger partial charge in [-0.3, -0.25) is 9.78 Å².